The van der Waals surface area contributed by atoms with E-state index < -0.39 is 0 Å². The van der Waals surface area contributed by atoms with Gasteiger partial charge in [-0.3, -0.25) is 4.79 Å². The van der Waals surface area contributed by atoms with E-state index in [1.54, 1.807) is 6.07 Å². The van der Waals surface area contributed by atoms with E-state index >= 15 is 0 Å². The van der Waals surface area contributed by atoms with Gasteiger partial charge >= 0.3 is 0 Å². The van der Waals surface area contributed by atoms with Gasteiger partial charge in [-0.25, -0.2) is 4.98 Å². The van der Waals surface area contributed by atoms with E-state index in [9.17, 15) is 4.79 Å². The average molecular weight is 443 g/mol. The van der Waals surface area contributed by atoms with Gasteiger partial charge < -0.3 is 4.98 Å². The molecule has 0 radical (unpaired) electrons. The molecule has 0 unspecified atom stereocenters. The predicted octanol–water partition coefficient (Wildman–Crippen LogP) is 7.23. The first kappa shape index (κ1) is 19.6. The Labute approximate surface area is 188 Å². The first-order valence-electron chi connectivity index (χ1n) is 9.73. The van der Waals surface area contributed by atoms with Gasteiger partial charge in [-0.1, -0.05) is 65.7 Å². The van der Waals surface area contributed by atoms with Crippen LogP contribution in [-0.2, 0) is 0 Å². The smallest absolute Gasteiger partial charge is 0.256 e. The van der Waals surface area contributed by atoms with Crippen LogP contribution in [0, 0.1) is 0 Å². The molecule has 0 spiro atoms. The molecule has 31 heavy (non-hydrogen) atoms. The number of pyridine rings is 2. The van der Waals surface area contributed by atoms with E-state index in [-0.39, 0.29) is 5.56 Å². The Hall–Kier alpha value is -3.40. The van der Waals surface area contributed by atoms with E-state index in [0.717, 1.165) is 39.0 Å². The number of nitrogens with zero attached hydrogens (tertiary/aromatic N) is 1. The Balaban J connectivity index is 1.75. The van der Waals surface area contributed by atoms with E-state index in [1.807, 2.05) is 84.9 Å². The molecule has 150 valence electrons. The van der Waals surface area contributed by atoms with Crippen LogP contribution >= 0.6 is 23.2 Å². The number of halogens is 2. The van der Waals surface area contributed by atoms with E-state index in [2.05, 4.69) is 4.98 Å². The lowest BCUT2D eigenvalue weighted by Gasteiger charge is -2.11. The topological polar surface area (TPSA) is 45.8 Å². The summed E-state index contributed by atoms with van der Waals surface area (Å²) < 4.78 is 0. The van der Waals surface area contributed by atoms with Crippen LogP contribution in [0.2, 0.25) is 10.0 Å². The number of hydrogen-bond donors (Lipinski definition) is 1. The number of fused-ring (bicyclic) bond motifs is 1. The minimum absolute atomic E-state index is 0.165. The standard InChI is InChI=1S/C26H16Cl2N2O/c27-20-8-6-17(7-9-20)25-15-18(14-24(29-25)16-4-2-1-3-5-16)22-13-19-12-21(28)10-11-23(19)30-26(22)31/h1-15H,(H,30,31). The van der Waals surface area contributed by atoms with Gasteiger partial charge in [0.2, 0.25) is 0 Å². The van der Waals surface area contributed by atoms with Gasteiger partial charge in [0.05, 0.1) is 11.4 Å². The second-order valence-electron chi connectivity index (χ2n) is 7.24. The normalized spacial score (nSPS) is 11.0. The Kier molecular flexibility index (Phi) is 5.06. The molecule has 3 nitrogen and oxygen atoms in total. The molecule has 0 aliphatic carbocycles. The van der Waals surface area contributed by atoms with Gasteiger partial charge in [-0.15, -0.1) is 0 Å². The molecule has 0 bridgehead atoms. The second kappa shape index (κ2) is 8.03. The highest BCUT2D eigenvalue weighted by molar-refractivity contribution is 6.31. The molecule has 0 fully saturated rings. The number of nitrogens with one attached hydrogen (secondary N) is 1. The molecule has 0 saturated carbocycles. The molecule has 2 heterocycles. The largest absolute Gasteiger partial charge is 0.321 e. The first-order chi connectivity index (χ1) is 15.1. The number of hydrogen-bond acceptors (Lipinski definition) is 2. The average Bonchev–Trinajstić information content (AvgIpc) is 2.79. The van der Waals surface area contributed by atoms with Crippen molar-refractivity contribution in [3.05, 3.63) is 111 Å². The Morgan fingerprint density at radius 2 is 1.29 bits per heavy atom. The predicted molar refractivity (Wildman–Crippen MR) is 129 cm³/mol. The van der Waals surface area contributed by atoms with Crippen molar-refractivity contribution in [3.8, 4) is 33.6 Å². The molecule has 2 aromatic heterocycles. The van der Waals surface area contributed by atoms with Crippen LogP contribution in [0.3, 0.4) is 0 Å². The van der Waals surface area contributed by atoms with Crippen molar-refractivity contribution in [1.29, 1.82) is 0 Å². The summed E-state index contributed by atoms with van der Waals surface area (Å²) in [6, 6.07) is 28.6. The quantitative estimate of drug-likeness (QED) is 0.320. The van der Waals surface area contributed by atoms with Gasteiger partial charge in [0.1, 0.15) is 0 Å². The molecule has 3 aromatic carbocycles. The lowest BCUT2D eigenvalue weighted by atomic mass is 10.00. The van der Waals surface area contributed by atoms with Gasteiger partial charge in [-0.05, 0) is 54.1 Å². The number of aromatic nitrogens is 2. The van der Waals surface area contributed by atoms with Crippen LogP contribution < -0.4 is 5.56 Å². The molecule has 0 saturated heterocycles. The summed E-state index contributed by atoms with van der Waals surface area (Å²) in [6.45, 7) is 0. The summed E-state index contributed by atoms with van der Waals surface area (Å²) in [5, 5.41) is 2.14. The molecular formula is C26H16Cl2N2O. The summed E-state index contributed by atoms with van der Waals surface area (Å²) in [5.74, 6) is 0. The van der Waals surface area contributed by atoms with Crippen LogP contribution in [0.25, 0.3) is 44.5 Å². The first-order valence-corrected chi connectivity index (χ1v) is 10.5. The van der Waals surface area contributed by atoms with Crippen LogP contribution in [0.15, 0.2) is 95.8 Å². The van der Waals surface area contributed by atoms with E-state index in [0.29, 0.717) is 15.6 Å². The molecule has 0 amide bonds. The second-order valence-corrected chi connectivity index (χ2v) is 8.12. The Morgan fingerprint density at radius 1 is 0.645 bits per heavy atom. The highest BCUT2D eigenvalue weighted by Crippen LogP contribution is 2.30. The molecule has 1 N–H and O–H groups in total. The summed E-state index contributed by atoms with van der Waals surface area (Å²) in [5.41, 5.74) is 5.36. The number of aromatic amines is 1. The van der Waals surface area contributed by atoms with Crippen molar-refractivity contribution in [2.45, 2.75) is 0 Å². The number of benzene rings is 3. The highest BCUT2D eigenvalue weighted by Gasteiger charge is 2.12. The van der Waals surface area contributed by atoms with Gasteiger partial charge in [0.25, 0.3) is 5.56 Å². The monoisotopic (exact) mass is 442 g/mol. The zero-order valence-electron chi connectivity index (χ0n) is 16.3. The van der Waals surface area contributed by atoms with Crippen molar-refractivity contribution in [3.63, 3.8) is 0 Å². The lowest BCUT2D eigenvalue weighted by molar-refractivity contribution is 1.29. The molecule has 5 rings (SSSR count). The maximum Gasteiger partial charge on any atom is 0.256 e. The minimum atomic E-state index is -0.165. The van der Waals surface area contributed by atoms with Crippen molar-refractivity contribution < 1.29 is 0 Å². The van der Waals surface area contributed by atoms with Gasteiger partial charge in [-0.2, -0.15) is 0 Å². The fourth-order valence-corrected chi connectivity index (χ4v) is 3.91. The van der Waals surface area contributed by atoms with Crippen LogP contribution in [0.4, 0.5) is 0 Å². The van der Waals surface area contributed by atoms with Crippen LogP contribution in [-0.4, -0.2) is 9.97 Å². The zero-order valence-corrected chi connectivity index (χ0v) is 17.8. The molecule has 0 aliphatic heterocycles. The third kappa shape index (κ3) is 3.98. The third-order valence-electron chi connectivity index (χ3n) is 5.15. The molecule has 5 aromatic rings. The van der Waals surface area contributed by atoms with Gasteiger partial charge in [0, 0.05) is 37.6 Å². The zero-order chi connectivity index (χ0) is 21.4. The number of rotatable bonds is 3. The SMILES string of the molecule is O=c1[nH]c2ccc(Cl)cc2cc1-c1cc(-c2ccccc2)nc(-c2ccc(Cl)cc2)c1. The van der Waals surface area contributed by atoms with Crippen LogP contribution in [0.1, 0.15) is 0 Å². The fourth-order valence-electron chi connectivity index (χ4n) is 3.60. The fraction of sp³-hybridized carbons (Fsp3) is 0. The summed E-state index contributed by atoms with van der Waals surface area (Å²) >= 11 is 12.2. The van der Waals surface area contributed by atoms with Gasteiger partial charge in [0.15, 0.2) is 0 Å². The number of H-pyrrole nitrogens is 1. The molecule has 0 atom stereocenters. The summed E-state index contributed by atoms with van der Waals surface area (Å²) in [7, 11) is 0. The van der Waals surface area contributed by atoms with Crippen molar-refractivity contribution in [1.82, 2.24) is 9.97 Å². The highest BCUT2D eigenvalue weighted by atomic mass is 35.5. The maximum atomic E-state index is 12.9. The lowest BCUT2D eigenvalue weighted by Crippen LogP contribution is -2.09. The van der Waals surface area contributed by atoms with Crippen molar-refractivity contribution in [2.24, 2.45) is 0 Å². The third-order valence-corrected chi connectivity index (χ3v) is 5.64. The summed E-state index contributed by atoms with van der Waals surface area (Å²) in [4.78, 5) is 20.7. The summed E-state index contributed by atoms with van der Waals surface area (Å²) in [6.07, 6.45) is 0. The van der Waals surface area contributed by atoms with Crippen molar-refractivity contribution in [2.75, 3.05) is 0 Å². The Bertz CT molecular complexity index is 1460. The molecule has 0 aliphatic rings. The minimum Gasteiger partial charge on any atom is -0.321 e. The van der Waals surface area contributed by atoms with Crippen LogP contribution in [0.5, 0.6) is 0 Å². The molecular weight excluding hydrogens is 427 g/mol. The molecule has 5 heteroatoms. The Morgan fingerprint density at radius 3 is 2.00 bits per heavy atom. The van der Waals surface area contributed by atoms with Crippen molar-refractivity contribution >= 4 is 34.1 Å². The van der Waals surface area contributed by atoms with E-state index in [1.165, 1.54) is 0 Å². The maximum absolute atomic E-state index is 12.9. The van der Waals surface area contributed by atoms with E-state index in [4.69, 9.17) is 28.2 Å².